The SMILES string of the molecule is CCN(CC)S(=O)(=O)c1ccc2[nH]c(-c3ccc(OC)cc3)c(C=O)c2c1. The number of nitrogens with one attached hydrogen (secondary N) is 1. The molecule has 0 spiro atoms. The highest BCUT2D eigenvalue weighted by Gasteiger charge is 2.23. The molecule has 6 nitrogen and oxygen atoms in total. The molecular weight excluding hydrogens is 364 g/mol. The zero-order valence-corrected chi connectivity index (χ0v) is 16.3. The molecule has 0 fully saturated rings. The summed E-state index contributed by atoms with van der Waals surface area (Å²) in [5.74, 6) is 0.718. The average molecular weight is 386 g/mol. The van der Waals surface area contributed by atoms with Gasteiger partial charge in [-0.1, -0.05) is 13.8 Å². The largest absolute Gasteiger partial charge is 0.497 e. The first kappa shape index (κ1) is 19.1. The van der Waals surface area contributed by atoms with Gasteiger partial charge in [-0.2, -0.15) is 4.31 Å². The van der Waals surface area contributed by atoms with Crippen molar-refractivity contribution >= 4 is 27.2 Å². The van der Waals surface area contributed by atoms with Gasteiger partial charge in [0, 0.05) is 29.6 Å². The van der Waals surface area contributed by atoms with Crippen LogP contribution in [0.3, 0.4) is 0 Å². The number of rotatable bonds is 7. The minimum atomic E-state index is -3.60. The molecule has 0 bridgehead atoms. The van der Waals surface area contributed by atoms with Crippen molar-refractivity contribution in [1.82, 2.24) is 9.29 Å². The summed E-state index contributed by atoms with van der Waals surface area (Å²) >= 11 is 0. The van der Waals surface area contributed by atoms with E-state index in [-0.39, 0.29) is 4.90 Å². The predicted molar refractivity (Wildman–Crippen MR) is 106 cm³/mol. The summed E-state index contributed by atoms with van der Waals surface area (Å²) in [5, 5.41) is 0.587. The Morgan fingerprint density at radius 2 is 1.74 bits per heavy atom. The highest BCUT2D eigenvalue weighted by molar-refractivity contribution is 7.89. The summed E-state index contributed by atoms with van der Waals surface area (Å²) in [4.78, 5) is 15.2. The first-order valence-electron chi connectivity index (χ1n) is 8.71. The van der Waals surface area contributed by atoms with E-state index in [9.17, 15) is 13.2 Å². The minimum Gasteiger partial charge on any atom is -0.497 e. The molecule has 3 rings (SSSR count). The summed E-state index contributed by atoms with van der Waals surface area (Å²) in [6.07, 6.45) is 0.756. The number of fused-ring (bicyclic) bond motifs is 1. The quantitative estimate of drug-likeness (QED) is 0.628. The van der Waals surface area contributed by atoms with Crippen LogP contribution >= 0.6 is 0 Å². The normalized spacial score (nSPS) is 11.9. The van der Waals surface area contributed by atoms with Gasteiger partial charge in [-0.05, 0) is 48.0 Å². The van der Waals surface area contributed by atoms with E-state index < -0.39 is 10.0 Å². The van der Waals surface area contributed by atoms with Crippen LogP contribution in [0.15, 0.2) is 47.4 Å². The van der Waals surface area contributed by atoms with Gasteiger partial charge >= 0.3 is 0 Å². The lowest BCUT2D eigenvalue weighted by Gasteiger charge is -2.18. The van der Waals surface area contributed by atoms with Crippen LogP contribution in [-0.2, 0) is 10.0 Å². The first-order chi connectivity index (χ1) is 13.0. The minimum absolute atomic E-state index is 0.182. The number of hydrogen-bond acceptors (Lipinski definition) is 4. The van der Waals surface area contributed by atoms with E-state index in [1.54, 1.807) is 39.2 Å². The Bertz CT molecular complexity index is 1070. The lowest BCUT2D eigenvalue weighted by atomic mass is 10.1. The molecule has 0 radical (unpaired) electrons. The number of nitrogens with zero attached hydrogens (tertiary/aromatic N) is 1. The zero-order valence-electron chi connectivity index (χ0n) is 15.5. The topological polar surface area (TPSA) is 79.5 Å². The van der Waals surface area contributed by atoms with E-state index >= 15 is 0 Å². The van der Waals surface area contributed by atoms with Gasteiger partial charge in [0.1, 0.15) is 5.75 Å². The maximum absolute atomic E-state index is 12.8. The van der Waals surface area contributed by atoms with Crippen molar-refractivity contribution in [2.45, 2.75) is 18.7 Å². The number of ether oxygens (including phenoxy) is 1. The van der Waals surface area contributed by atoms with E-state index in [0.717, 1.165) is 17.6 Å². The fourth-order valence-electron chi connectivity index (χ4n) is 3.17. The van der Waals surface area contributed by atoms with Crippen LogP contribution in [0, 0.1) is 0 Å². The number of carbonyl (C=O) groups excluding carboxylic acids is 1. The Balaban J connectivity index is 2.16. The van der Waals surface area contributed by atoms with Gasteiger partial charge in [-0.3, -0.25) is 4.79 Å². The number of hydrogen-bond donors (Lipinski definition) is 1. The molecular formula is C20H22N2O4S. The first-order valence-corrected chi connectivity index (χ1v) is 10.2. The highest BCUT2D eigenvalue weighted by atomic mass is 32.2. The lowest BCUT2D eigenvalue weighted by Crippen LogP contribution is -2.30. The van der Waals surface area contributed by atoms with Crippen molar-refractivity contribution in [1.29, 1.82) is 0 Å². The Labute approximate surface area is 158 Å². The van der Waals surface area contributed by atoms with Gasteiger partial charge in [-0.25, -0.2) is 8.42 Å². The smallest absolute Gasteiger partial charge is 0.243 e. The molecule has 2 aromatic carbocycles. The van der Waals surface area contributed by atoms with Crippen molar-refractivity contribution < 1.29 is 17.9 Å². The van der Waals surface area contributed by atoms with Gasteiger partial charge in [0.25, 0.3) is 0 Å². The fourth-order valence-corrected chi connectivity index (χ4v) is 4.66. The maximum atomic E-state index is 12.8. The molecule has 1 N–H and O–H groups in total. The van der Waals surface area contributed by atoms with E-state index in [1.165, 1.54) is 4.31 Å². The third-order valence-corrected chi connectivity index (χ3v) is 6.70. The van der Waals surface area contributed by atoms with Gasteiger partial charge in [0.15, 0.2) is 6.29 Å². The van der Waals surface area contributed by atoms with Crippen LogP contribution in [0.1, 0.15) is 24.2 Å². The predicted octanol–water partition coefficient (Wildman–Crippen LogP) is 3.69. The number of benzene rings is 2. The Morgan fingerprint density at radius 3 is 2.30 bits per heavy atom. The van der Waals surface area contributed by atoms with E-state index in [1.807, 2.05) is 24.3 Å². The Hall–Kier alpha value is -2.64. The molecule has 1 aromatic heterocycles. The summed E-state index contributed by atoms with van der Waals surface area (Å²) in [5.41, 5.74) is 2.62. The van der Waals surface area contributed by atoms with E-state index in [0.29, 0.717) is 35.2 Å². The van der Waals surface area contributed by atoms with Gasteiger partial charge < -0.3 is 9.72 Å². The molecule has 7 heteroatoms. The number of aromatic nitrogens is 1. The molecule has 142 valence electrons. The number of sulfonamides is 1. The average Bonchev–Trinajstić information content (AvgIpc) is 3.06. The van der Waals surface area contributed by atoms with Crippen LogP contribution in [0.25, 0.3) is 22.2 Å². The Morgan fingerprint density at radius 1 is 1.07 bits per heavy atom. The van der Waals surface area contributed by atoms with Crippen LogP contribution in [-0.4, -0.2) is 44.2 Å². The van der Waals surface area contributed by atoms with Crippen LogP contribution in [0.4, 0.5) is 0 Å². The highest BCUT2D eigenvalue weighted by Crippen LogP contribution is 2.32. The third-order valence-electron chi connectivity index (χ3n) is 4.65. The molecule has 0 aliphatic carbocycles. The monoisotopic (exact) mass is 386 g/mol. The number of aromatic amines is 1. The van der Waals surface area contributed by atoms with Crippen LogP contribution < -0.4 is 4.74 Å². The summed E-state index contributed by atoms with van der Waals surface area (Å²) in [7, 11) is -2.01. The molecule has 3 aromatic rings. The van der Waals surface area contributed by atoms with Crippen molar-refractivity contribution in [2.24, 2.45) is 0 Å². The molecule has 0 aliphatic heterocycles. The second kappa shape index (κ2) is 7.54. The molecule has 0 aliphatic rings. The van der Waals surface area contributed by atoms with Gasteiger partial charge in [-0.15, -0.1) is 0 Å². The number of H-pyrrole nitrogens is 1. The van der Waals surface area contributed by atoms with E-state index in [4.69, 9.17) is 4.74 Å². The zero-order chi connectivity index (χ0) is 19.6. The number of methoxy groups -OCH3 is 1. The fraction of sp³-hybridized carbons (Fsp3) is 0.250. The molecule has 0 atom stereocenters. The standard InChI is InChI=1S/C20H22N2O4S/c1-4-22(5-2)27(24,25)16-10-11-19-17(12-16)18(13-23)20(21-19)14-6-8-15(26-3)9-7-14/h6-13,21H,4-5H2,1-3H3. The van der Waals surface area contributed by atoms with Gasteiger partial charge in [0.05, 0.1) is 17.7 Å². The second-order valence-electron chi connectivity index (χ2n) is 6.06. The molecule has 0 saturated carbocycles. The van der Waals surface area contributed by atoms with Crippen molar-refractivity contribution in [3.8, 4) is 17.0 Å². The molecule has 0 amide bonds. The molecule has 27 heavy (non-hydrogen) atoms. The summed E-state index contributed by atoms with van der Waals surface area (Å²) in [6.45, 7) is 4.38. The summed E-state index contributed by atoms with van der Waals surface area (Å²) in [6, 6.07) is 12.2. The van der Waals surface area contributed by atoms with Gasteiger partial charge in [0.2, 0.25) is 10.0 Å². The van der Waals surface area contributed by atoms with Crippen LogP contribution in [0.5, 0.6) is 5.75 Å². The second-order valence-corrected chi connectivity index (χ2v) is 7.99. The summed E-state index contributed by atoms with van der Waals surface area (Å²) < 4.78 is 32.2. The third kappa shape index (κ3) is 3.36. The van der Waals surface area contributed by atoms with Crippen molar-refractivity contribution in [3.05, 3.63) is 48.0 Å². The number of carbonyl (C=O) groups is 1. The maximum Gasteiger partial charge on any atom is 0.243 e. The molecule has 1 heterocycles. The van der Waals surface area contributed by atoms with E-state index in [2.05, 4.69) is 4.98 Å². The van der Waals surface area contributed by atoms with Crippen molar-refractivity contribution in [3.63, 3.8) is 0 Å². The van der Waals surface area contributed by atoms with Crippen LogP contribution in [0.2, 0.25) is 0 Å². The molecule has 0 unspecified atom stereocenters. The molecule has 0 saturated heterocycles. The Kier molecular flexibility index (Phi) is 5.34. The van der Waals surface area contributed by atoms with Crippen molar-refractivity contribution in [2.75, 3.05) is 20.2 Å². The number of aldehydes is 1. The lowest BCUT2D eigenvalue weighted by molar-refractivity contribution is 0.112.